The molecule has 5 heteroatoms. The standard InChI is InChI=1S/C9H13BrN2S2/c1-7-11-8(14-12-7)13-6-9(5-10)3-2-4-9/h2-6H2,1H3. The Balaban J connectivity index is 1.87. The molecule has 0 N–H and O–H groups in total. The number of alkyl halides is 1. The van der Waals surface area contributed by atoms with Crippen LogP contribution >= 0.6 is 39.2 Å². The van der Waals surface area contributed by atoms with Crippen molar-refractivity contribution in [2.75, 3.05) is 11.1 Å². The summed E-state index contributed by atoms with van der Waals surface area (Å²) in [4.78, 5) is 4.36. The van der Waals surface area contributed by atoms with Crippen molar-refractivity contribution in [1.29, 1.82) is 0 Å². The first-order chi connectivity index (χ1) is 6.74. The lowest BCUT2D eigenvalue weighted by Crippen LogP contribution is -2.33. The number of thioether (sulfide) groups is 1. The van der Waals surface area contributed by atoms with Crippen LogP contribution in [0.25, 0.3) is 0 Å². The van der Waals surface area contributed by atoms with Crippen molar-refractivity contribution in [3.8, 4) is 0 Å². The summed E-state index contributed by atoms with van der Waals surface area (Å²) >= 11 is 7.00. The van der Waals surface area contributed by atoms with Crippen LogP contribution in [-0.4, -0.2) is 20.4 Å². The van der Waals surface area contributed by atoms with Gasteiger partial charge >= 0.3 is 0 Å². The molecule has 1 aromatic rings. The van der Waals surface area contributed by atoms with Gasteiger partial charge in [0.15, 0.2) is 4.34 Å². The lowest BCUT2D eigenvalue weighted by molar-refractivity contribution is 0.206. The van der Waals surface area contributed by atoms with Gasteiger partial charge in [0, 0.05) is 11.1 Å². The van der Waals surface area contributed by atoms with E-state index in [0.717, 1.165) is 15.5 Å². The molecule has 0 spiro atoms. The highest BCUT2D eigenvalue weighted by Crippen LogP contribution is 2.46. The fourth-order valence-electron chi connectivity index (χ4n) is 1.54. The van der Waals surface area contributed by atoms with Gasteiger partial charge in [-0.3, -0.25) is 0 Å². The average Bonchev–Trinajstić information content (AvgIpc) is 2.50. The Morgan fingerprint density at radius 3 is 2.79 bits per heavy atom. The van der Waals surface area contributed by atoms with E-state index in [0.29, 0.717) is 5.41 Å². The lowest BCUT2D eigenvalue weighted by atomic mass is 9.72. The minimum atomic E-state index is 0.546. The molecular formula is C9H13BrN2S2. The van der Waals surface area contributed by atoms with Gasteiger partial charge in [0.25, 0.3) is 0 Å². The topological polar surface area (TPSA) is 25.8 Å². The fraction of sp³-hybridized carbons (Fsp3) is 0.778. The quantitative estimate of drug-likeness (QED) is 0.627. The molecule has 0 saturated heterocycles. The predicted octanol–water partition coefficient (Wildman–Crippen LogP) is 3.50. The van der Waals surface area contributed by atoms with Crippen LogP contribution in [0.1, 0.15) is 25.1 Å². The SMILES string of the molecule is Cc1nsc(SCC2(CBr)CCC2)n1. The van der Waals surface area contributed by atoms with Gasteiger partial charge in [0.05, 0.1) is 0 Å². The third-order valence-corrected chi connectivity index (χ3v) is 6.17. The Morgan fingerprint density at radius 2 is 2.36 bits per heavy atom. The van der Waals surface area contributed by atoms with Crippen molar-refractivity contribution in [2.45, 2.75) is 30.5 Å². The number of halogens is 1. The zero-order valence-electron chi connectivity index (χ0n) is 8.12. The number of aromatic nitrogens is 2. The average molecular weight is 293 g/mol. The summed E-state index contributed by atoms with van der Waals surface area (Å²) in [6.45, 7) is 1.95. The van der Waals surface area contributed by atoms with Gasteiger partial charge in [-0.1, -0.05) is 34.1 Å². The zero-order valence-corrected chi connectivity index (χ0v) is 11.3. The van der Waals surface area contributed by atoms with E-state index < -0.39 is 0 Å². The Hall–Kier alpha value is 0.390. The Labute approximate surface area is 101 Å². The highest BCUT2D eigenvalue weighted by Gasteiger charge is 2.35. The molecule has 14 heavy (non-hydrogen) atoms. The molecule has 0 unspecified atom stereocenters. The molecular weight excluding hydrogens is 280 g/mol. The highest BCUT2D eigenvalue weighted by atomic mass is 79.9. The number of hydrogen-bond acceptors (Lipinski definition) is 4. The Kier molecular flexibility index (Phi) is 3.50. The summed E-state index contributed by atoms with van der Waals surface area (Å²) in [6.07, 6.45) is 4.12. The van der Waals surface area contributed by atoms with Crippen LogP contribution in [-0.2, 0) is 0 Å². The van der Waals surface area contributed by atoms with E-state index >= 15 is 0 Å². The monoisotopic (exact) mass is 292 g/mol. The lowest BCUT2D eigenvalue weighted by Gasteiger charge is -2.39. The van der Waals surface area contributed by atoms with Crippen LogP contribution in [0.15, 0.2) is 4.34 Å². The summed E-state index contributed by atoms with van der Waals surface area (Å²) in [5.74, 6) is 2.09. The van der Waals surface area contributed by atoms with Crippen molar-refractivity contribution in [2.24, 2.45) is 5.41 Å². The van der Waals surface area contributed by atoms with Crippen LogP contribution in [0.4, 0.5) is 0 Å². The van der Waals surface area contributed by atoms with Crippen molar-refractivity contribution in [3.63, 3.8) is 0 Å². The molecule has 0 radical (unpaired) electrons. The van der Waals surface area contributed by atoms with Crippen LogP contribution in [0, 0.1) is 12.3 Å². The first kappa shape index (κ1) is 10.9. The van der Waals surface area contributed by atoms with Crippen LogP contribution in [0.5, 0.6) is 0 Å². The smallest absolute Gasteiger partial charge is 0.170 e. The molecule has 0 atom stereocenters. The Bertz CT molecular complexity index is 304. The van der Waals surface area contributed by atoms with Crippen LogP contribution in [0.3, 0.4) is 0 Å². The van der Waals surface area contributed by atoms with E-state index in [1.165, 1.54) is 36.5 Å². The maximum absolute atomic E-state index is 4.36. The van der Waals surface area contributed by atoms with Crippen LogP contribution < -0.4 is 0 Å². The van der Waals surface area contributed by atoms with Gasteiger partial charge in [-0.25, -0.2) is 4.98 Å². The summed E-state index contributed by atoms with van der Waals surface area (Å²) in [7, 11) is 0. The predicted molar refractivity (Wildman–Crippen MR) is 65.4 cm³/mol. The molecule has 2 nitrogen and oxygen atoms in total. The van der Waals surface area contributed by atoms with Gasteiger partial charge in [-0.2, -0.15) is 4.37 Å². The maximum Gasteiger partial charge on any atom is 0.170 e. The number of hydrogen-bond donors (Lipinski definition) is 0. The molecule has 1 aliphatic carbocycles. The molecule has 1 heterocycles. The molecule has 0 aliphatic heterocycles. The second-order valence-corrected chi connectivity index (χ2v) is 6.42. The third-order valence-electron chi connectivity index (χ3n) is 2.71. The fourth-order valence-corrected chi connectivity index (χ4v) is 4.51. The molecule has 1 aromatic heterocycles. The first-order valence-corrected chi connectivity index (χ1v) is 7.61. The zero-order chi connectivity index (χ0) is 10.0. The molecule has 1 aliphatic rings. The minimum absolute atomic E-state index is 0.546. The van der Waals surface area contributed by atoms with Crippen molar-refractivity contribution < 1.29 is 0 Å². The van der Waals surface area contributed by atoms with Crippen molar-refractivity contribution in [1.82, 2.24) is 9.36 Å². The maximum atomic E-state index is 4.36. The van der Waals surface area contributed by atoms with E-state index in [2.05, 4.69) is 25.3 Å². The number of nitrogens with zero attached hydrogens (tertiary/aromatic N) is 2. The molecule has 2 rings (SSSR count). The van der Waals surface area contributed by atoms with Gasteiger partial charge in [-0.05, 0) is 36.7 Å². The van der Waals surface area contributed by atoms with Gasteiger partial charge < -0.3 is 0 Å². The van der Waals surface area contributed by atoms with Gasteiger partial charge in [0.1, 0.15) is 5.82 Å². The highest BCUT2D eigenvalue weighted by molar-refractivity contribution is 9.09. The first-order valence-electron chi connectivity index (χ1n) is 4.73. The van der Waals surface area contributed by atoms with E-state index in [9.17, 15) is 0 Å². The molecule has 0 bridgehead atoms. The molecule has 1 fully saturated rings. The van der Waals surface area contributed by atoms with E-state index in [1.807, 2.05) is 18.7 Å². The summed E-state index contributed by atoms with van der Waals surface area (Å²) < 4.78 is 5.31. The molecule has 0 aromatic carbocycles. The molecule has 1 saturated carbocycles. The van der Waals surface area contributed by atoms with E-state index in [4.69, 9.17) is 0 Å². The third kappa shape index (κ3) is 2.31. The number of aryl methyl sites for hydroxylation is 1. The minimum Gasteiger partial charge on any atom is -0.213 e. The second-order valence-electron chi connectivity index (χ2n) is 3.88. The summed E-state index contributed by atoms with van der Waals surface area (Å²) in [6, 6.07) is 0. The largest absolute Gasteiger partial charge is 0.213 e. The van der Waals surface area contributed by atoms with Gasteiger partial charge in [0.2, 0.25) is 0 Å². The van der Waals surface area contributed by atoms with Crippen LogP contribution in [0.2, 0.25) is 0 Å². The Morgan fingerprint density at radius 1 is 1.57 bits per heavy atom. The second kappa shape index (κ2) is 4.49. The normalized spacial score (nSPS) is 19.3. The number of rotatable bonds is 4. The molecule has 78 valence electrons. The van der Waals surface area contributed by atoms with Crippen molar-refractivity contribution >= 4 is 39.2 Å². The van der Waals surface area contributed by atoms with Gasteiger partial charge in [-0.15, -0.1) is 0 Å². The van der Waals surface area contributed by atoms with Crippen molar-refractivity contribution in [3.05, 3.63) is 5.82 Å². The summed E-state index contributed by atoms with van der Waals surface area (Å²) in [5, 5.41) is 1.13. The van der Waals surface area contributed by atoms with E-state index in [1.54, 1.807) is 0 Å². The molecule has 0 amide bonds. The summed E-state index contributed by atoms with van der Waals surface area (Å²) in [5.41, 5.74) is 0.546. The van der Waals surface area contributed by atoms with E-state index in [-0.39, 0.29) is 0 Å².